The number of aryl methyl sites for hydroxylation is 2. The fourth-order valence-electron chi connectivity index (χ4n) is 6.48. The lowest BCUT2D eigenvalue weighted by Crippen LogP contribution is -2.46. The normalized spacial score (nSPS) is 27.4. The molecule has 1 saturated heterocycles. The van der Waals surface area contributed by atoms with E-state index in [4.69, 9.17) is 9.15 Å². The fourth-order valence-corrected chi connectivity index (χ4v) is 6.48. The van der Waals surface area contributed by atoms with Crippen LogP contribution in [0.1, 0.15) is 64.6 Å². The number of furan rings is 1. The Labute approximate surface area is 229 Å². The maximum Gasteiger partial charge on any atom is 0.255 e. The topological polar surface area (TPSA) is 109 Å². The van der Waals surface area contributed by atoms with Gasteiger partial charge in [-0.3, -0.25) is 9.59 Å². The van der Waals surface area contributed by atoms with Crippen LogP contribution in [0.4, 0.5) is 4.39 Å². The van der Waals surface area contributed by atoms with Crippen molar-refractivity contribution >= 4 is 28.3 Å². The molecule has 4 aromatic rings. The van der Waals surface area contributed by atoms with Gasteiger partial charge in [0, 0.05) is 48.3 Å². The van der Waals surface area contributed by atoms with Crippen molar-refractivity contribution in [2.45, 2.75) is 64.3 Å². The maximum absolute atomic E-state index is 13.5. The largest absolute Gasteiger partial charge is 0.460 e. The zero-order valence-corrected chi connectivity index (χ0v) is 22.7. The molecule has 9 nitrogen and oxygen atoms in total. The van der Waals surface area contributed by atoms with Gasteiger partial charge in [0.05, 0.1) is 22.9 Å². The van der Waals surface area contributed by atoms with E-state index >= 15 is 0 Å². The Bertz CT molecular complexity index is 1700. The average molecular weight is 547 g/mol. The number of fused-ring (bicyclic) bond motifs is 2. The van der Waals surface area contributed by atoms with E-state index in [1.165, 1.54) is 0 Å². The molecule has 0 bridgehead atoms. The van der Waals surface area contributed by atoms with Gasteiger partial charge in [-0.1, -0.05) is 0 Å². The van der Waals surface area contributed by atoms with Crippen LogP contribution in [0.2, 0.25) is 0 Å². The van der Waals surface area contributed by atoms with Crippen molar-refractivity contribution in [3.63, 3.8) is 0 Å². The minimum Gasteiger partial charge on any atom is -0.460 e. The quantitative estimate of drug-likeness (QED) is 0.375. The lowest BCUT2D eigenvalue weighted by molar-refractivity contribution is 0.0572. The van der Waals surface area contributed by atoms with Gasteiger partial charge in [0.1, 0.15) is 28.8 Å². The van der Waals surface area contributed by atoms with Crippen molar-refractivity contribution in [3.05, 3.63) is 59.1 Å². The Morgan fingerprint density at radius 2 is 2.00 bits per heavy atom. The van der Waals surface area contributed by atoms with Crippen LogP contribution in [0.5, 0.6) is 11.5 Å². The standard InChI is InChI=1S/C30H31FN4O5/c1-16-21(28(37)34-9-7-29(3,38)15-34)14-35-26(16)22(6-8-32-35)40-19-4-5-20-23(10-19)39-17(2)25(20)27(36)33-18-11-30(12-18)13-24(30)31/h4-6,8,10,14,18,24,38H,7,9,11-13,15H2,1-3H3,(H,33,36)/t18?,24?,29-,30?/m1/s1. The van der Waals surface area contributed by atoms with E-state index in [9.17, 15) is 19.1 Å². The molecule has 1 spiro atoms. The number of benzene rings is 1. The van der Waals surface area contributed by atoms with Gasteiger partial charge in [0.2, 0.25) is 0 Å². The highest BCUT2D eigenvalue weighted by Gasteiger charge is 2.62. The molecule has 4 heterocycles. The predicted octanol–water partition coefficient (Wildman–Crippen LogP) is 4.71. The number of halogens is 1. The lowest BCUT2D eigenvalue weighted by atomic mass is 9.76. The molecule has 2 amide bonds. The SMILES string of the molecule is Cc1oc2cc(Oc3ccnn4cc(C(=O)N5CC[C@@](C)(O)C5)c(C)c34)ccc2c1C(=O)NC1CC2(C1)CC2F. The third-order valence-electron chi connectivity index (χ3n) is 8.88. The summed E-state index contributed by atoms with van der Waals surface area (Å²) in [6.07, 6.45) is 5.11. The zero-order valence-electron chi connectivity index (χ0n) is 22.7. The first-order valence-electron chi connectivity index (χ1n) is 13.7. The van der Waals surface area contributed by atoms with Crippen LogP contribution in [0.3, 0.4) is 0 Å². The summed E-state index contributed by atoms with van der Waals surface area (Å²) in [6, 6.07) is 7.05. The van der Waals surface area contributed by atoms with Gasteiger partial charge in [-0.2, -0.15) is 5.10 Å². The average Bonchev–Trinajstić information content (AvgIpc) is 3.14. The molecular weight excluding hydrogens is 515 g/mol. The van der Waals surface area contributed by atoms with E-state index in [1.807, 2.05) is 6.92 Å². The molecule has 40 heavy (non-hydrogen) atoms. The molecule has 3 aliphatic rings. The first-order valence-corrected chi connectivity index (χ1v) is 13.7. The first-order chi connectivity index (χ1) is 19.0. The van der Waals surface area contributed by atoms with Crippen molar-refractivity contribution in [1.82, 2.24) is 19.8 Å². The molecule has 0 radical (unpaired) electrons. The van der Waals surface area contributed by atoms with Gasteiger partial charge in [-0.15, -0.1) is 0 Å². The van der Waals surface area contributed by atoms with Gasteiger partial charge >= 0.3 is 0 Å². The molecule has 208 valence electrons. The van der Waals surface area contributed by atoms with Crippen LogP contribution >= 0.6 is 0 Å². The minimum absolute atomic E-state index is 0.00464. The Morgan fingerprint density at radius 1 is 1.23 bits per heavy atom. The van der Waals surface area contributed by atoms with Crippen LogP contribution < -0.4 is 10.1 Å². The van der Waals surface area contributed by atoms with Crippen LogP contribution in [-0.2, 0) is 0 Å². The molecule has 1 unspecified atom stereocenters. The zero-order chi connectivity index (χ0) is 28.0. The molecule has 7 rings (SSSR count). The van der Waals surface area contributed by atoms with Crippen molar-refractivity contribution in [3.8, 4) is 11.5 Å². The van der Waals surface area contributed by atoms with Gasteiger partial charge < -0.3 is 24.5 Å². The molecule has 3 aromatic heterocycles. The Balaban J connectivity index is 1.13. The summed E-state index contributed by atoms with van der Waals surface area (Å²) in [5, 5.41) is 18.4. The number of nitrogens with zero attached hydrogens (tertiary/aromatic N) is 3. The second-order valence-electron chi connectivity index (χ2n) is 12.0. The number of aromatic nitrogens is 2. The van der Waals surface area contributed by atoms with E-state index < -0.39 is 11.8 Å². The van der Waals surface area contributed by atoms with Crippen LogP contribution in [-0.4, -0.2) is 62.3 Å². The van der Waals surface area contributed by atoms with Crippen molar-refractivity contribution in [1.29, 1.82) is 0 Å². The number of likely N-dealkylation sites (tertiary alicyclic amines) is 1. The molecular formula is C30H31FN4O5. The van der Waals surface area contributed by atoms with Gasteiger partial charge in [-0.25, -0.2) is 8.91 Å². The lowest BCUT2D eigenvalue weighted by Gasteiger charge is -2.36. The fraction of sp³-hybridized carbons (Fsp3) is 0.433. The number of hydrogen-bond acceptors (Lipinski definition) is 6. The first kappa shape index (κ1) is 25.1. The van der Waals surface area contributed by atoms with Crippen LogP contribution in [0.15, 0.2) is 41.1 Å². The number of alkyl halides is 1. The van der Waals surface area contributed by atoms with E-state index in [0.29, 0.717) is 77.1 Å². The van der Waals surface area contributed by atoms with E-state index in [-0.39, 0.29) is 29.8 Å². The number of amides is 2. The van der Waals surface area contributed by atoms with E-state index in [0.717, 1.165) is 5.56 Å². The Kier molecular flexibility index (Phi) is 5.35. The number of rotatable bonds is 5. The van der Waals surface area contributed by atoms with Crippen molar-refractivity contribution < 1.29 is 28.2 Å². The van der Waals surface area contributed by atoms with Crippen LogP contribution in [0, 0.1) is 19.3 Å². The summed E-state index contributed by atoms with van der Waals surface area (Å²) in [4.78, 5) is 28.0. The maximum atomic E-state index is 13.5. The number of carbonyl (C=O) groups excluding carboxylic acids is 2. The second-order valence-corrected chi connectivity index (χ2v) is 12.0. The molecule has 2 N–H and O–H groups in total. The number of nitrogens with one attached hydrogen (secondary N) is 1. The summed E-state index contributed by atoms with van der Waals surface area (Å²) < 4.78 is 27.3. The van der Waals surface area contributed by atoms with E-state index in [2.05, 4.69) is 10.4 Å². The predicted molar refractivity (Wildman–Crippen MR) is 145 cm³/mol. The van der Waals surface area contributed by atoms with Gasteiger partial charge in [0.25, 0.3) is 11.8 Å². The third kappa shape index (κ3) is 3.96. The van der Waals surface area contributed by atoms with Crippen molar-refractivity contribution in [2.24, 2.45) is 5.41 Å². The highest BCUT2D eigenvalue weighted by Crippen LogP contribution is 2.62. The van der Waals surface area contributed by atoms with Crippen LogP contribution in [0.25, 0.3) is 16.5 Å². The second kappa shape index (κ2) is 8.54. The molecule has 2 aliphatic carbocycles. The van der Waals surface area contributed by atoms with Gasteiger partial charge in [-0.05, 0) is 64.2 Å². The highest BCUT2D eigenvalue weighted by molar-refractivity contribution is 6.07. The monoisotopic (exact) mass is 546 g/mol. The Morgan fingerprint density at radius 3 is 2.70 bits per heavy atom. The molecule has 10 heteroatoms. The number of aliphatic hydroxyl groups is 1. The smallest absolute Gasteiger partial charge is 0.255 e. The number of carbonyl (C=O) groups is 2. The summed E-state index contributed by atoms with van der Waals surface area (Å²) in [7, 11) is 0. The number of ether oxygens (including phenoxy) is 1. The molecule has 1 aromatic carbocycles. The summed E-state index contributed by atoms with van der Waals surface area (Å²) in [6.45, 7) is 6.14. The van der Waals surface area contributed by atoms with Gasteiger partial charge in [0.15, 0.2) is 5.75 Å². The number of β-amino-alcohol motifs (C(OH)–C–C–N with tert-alkyl or cyclic N) is 1. The third-order valence-corrected chi connectivity index (χ3v) is 8.88. The summed E-state index contributed by atoms with van der Waals surface area (Å²) >= 11 is 0. The highest BCUT2D eigenvalue weighted by atomic mass is 19.1. The molecule has 2 saturated carbocycles. The number of hydrogen-bond donors (Lipinski definition) is 2. The van der Waals surface area contributed by atoms with Crippen molar-refractivity contribution in [2.75, 3.05) is 13.1 Å². The molecule has 3 fully saturated rings. The van der Waals surface area contributed by atoms with E-state index in [1.54, 1.807) is 59.9 Å². The summed E-state index contributed by atoms with van der Waals surface area (Å²) in [5.41, 5.74) is 1.84. The summed E-state index contributed by atoms with van der Waals surface area (Å²) in [5.74, 6) is 1.17. The minimum atomic E-state index is -0.881. The molecule has 1 aliphatic heterocycles. The Hall–Kier alpha value is -3.92. The molecule has 2 atom stereocenters.